The molecule has 4 aromatic rings. The smallest absolute Gasteiger partial charge is 0.261 e. The summed E-state index contributed by atoms with van der Waals surface area (Å²) >= 11 is 0. The Labute approximate surface area is 220 Å². The lowest BCUT2D eigenvalue weighted by Crippen LogP contribution is -2.29. The fourth-order valence-corrected chi connectivity index (χ4v) is 5.51. The fraction of sp³-hybridized carbons (Fsp3) is 0.188. The van der Waals surface area contributed by atoms with Gasteiger partial charge in [-0.3, -0.25) is 29.0 Å². The average Bonchev–Trinajstić information content (AvgIpc) is 3.31. The van der Waals surface area contributed by atoms with Crippen LogP contribution in [0.3, 0.4) is 0 Å². The lowest BCUT2D eigenvalue weighted by atomic mass is 9.96. The first-order valence-corrected chi connectivity index (χ1v) is 12.9. The van der Waals surface area contributed by atoms with Gasteiger partial charge in [0.25, 0.3) is 23.6 Å². The number of fused-ring (bicyclic) bond motifs is 3. The van der Waals surface area contributed by atoms with Crippen molar-refractivity contribution in [3.05, 3.63) is 117 Å². The summed E-state index contributed by atoms with van der Waals surface area (Å²) in [5.74, 6) is -0.878. The van der Waals surface area contributed by atoms with Gasteiger partial charge in [0.1, 0.15) is 0 Å². The maximum atomic E-state index is 12.6. The van der Waals surface area contributed by atoms with Gasteiger partial charge in [-0.1, -0.05) is 48.5 Å². The van der Waals surface area contributed by atoms with Gasteiger partial charge >= 0.3 is 0 Å². The molecule has 6 rings (SSSR count). The van der Waals surface area contributed by atoms with Crippen LogP contribution < -0.4 is 0 Å². The molecule has 38 heavy (non-hydrogen) atoms. The van der Waals surface area contributed by atoms with Gasteiger partial charge in [0, 0.05) is 13.1 Å². The number of carbonyl (C=O) groups is 4. The predicted octanol–water partition coefficient (Wildman–Crippen LogP) is 5.25. The lowest BCUT2D eigenvalue weighted by Gasteiger charge is -2.09. The van der Waals surface area contributed by atoms with E-state index in [1.807, 2.05) is 24.3 Å². The van der Waals surface area contributed by atoms with Crippen LogP contribution in [0.5, 0.6) is 0 Å². The largest absolute Gasteiger partial charge is 0.275 e. The van der Waals surface area contributed by atoms with Crippen molar-refractivity contribution >= 4 is 34.4 Å². The van der Waals surface area contributed by atoms with Crippen molar-refractivity contribution in [2.24, 2.45) is 0 Å². The highest BCUT2D eigenvalue weighted by Gasteiger charge is 2.35. The average molecular weight is 503 g/mol. The van der Waals surface area contributed by atoms with E-state index in [4.69, 9.17) is 0 Å². The van der Waals surface area contributed by atoms with E-state index in [1.165, 1.54) is 9.80 Å². The van der Waals surface area contributed by atoms with Crippen molar-refractivity contribution in [1.82, 2.24) is 9.80 Å². The highest BCUT2D eigenvalue weighted by atomic mass is 16.2. The normalized spacial score (nSPS) is 14.6. The van der Waals surface area contributed by atoms with Gasteiger partial charge in [-0.25, -0.2) is 0 Å². The van der Waals surface area contributed by atoms with Crippen LogP contribution >= 0.6 is 0 Å². The Bertz CT molecular complexity index is 1560. The Morgan fingerprint density at radius 3 is 1.18 bits per heavy atom. The highest BCUT2D eigenvalue weighted by molar-refractivity contribution is 6.22. The van der Waals surface area contributed by atoms with E-state index in [-0.39, 0.29) is 23.6 Å². The molecular weight excluding hydrogens is 476 g/mol. The van der Waals surface area contributed by atoms with Crippen molar-refractivity contribution in [1.29, 1.82) is 0 Å². The Morgan fingerprint density at radius 2 is 0.789 bits per heavy atom. The topological polar surface area (TPSA) is 74.8 Å². The third-order valence-electron chi connectivity index (χ3n) is 7.49. The molecule has 2 aliphatic heterocycles. The zero-order valence-corrected chi connectivity index (χ0v) is 21.3. The Balaban J connectivity index is 1.21. The minimum Gasteiger partial charge on any atom is -0.275 e. The van der Waals surface area contributed by atoms with Crippen LogP contribution in [0.25, 0.3) is 10.8 Å². The molecule has 2 heterocycles. The van der Waals surface area contributed by atoms with E-state index < -0.39 is 0 Å². The third-order valence-corrected chi connectivity index (χ3v) is 7.49. The van der Waals surface area contributed by atoms with E-state index >= 15 is 0 Å². The quantitative estimate of drug-likeness (QED) is 0.338. The molecule has 6 nitrogen and oxygen atoms in total. The molecule has 4 amide bonds. The summed E-state index contributed by atoms with van der Waals surface area (Å²) in [5.41, 5.74) is 6.16. The van der Waals surface area contributed by atoms with Gasteiger partial charge in [0.15, 0.2) is 0 Å². The second kappa shape index (κ2) is 9.06. The predicted molar refractivity (Wildman–Crippen MR) is 145 cm³/mol. The van der Waals surface area contributed by atoms with Gasteiger partial charge in [-0.2, -0.15) is 0 Å². The molecule has 0 N–H and O–H groups in total. The molecule has 0 bridgehead atoms. The molecule has 0 aliphatic carbocycles. The molecule has 6 heteroatoms. The Morgan fingerprint density at radius 1 is 0.447 bits per heavy atom. The van der Waals surface area contributed by atoms with Crippen LogP contribution in [-0.2, 0) is 12.8 Å². The molecule has 0 aromatic heterocycles. The highest BCUT2D eigenvalue weighted by Crippen LogP contribution is 2.28. The van der Waals surface area contributed by atoms with Crippen molar-refractivity contribution in [3.8, 4) is 0 Å². The molecule has 0 spiro atoms. The first-order chi connectivity index (χ1) is 18.4. The molecular formula is C32H26N2O4. The number of hydrogen-bond donors (Lipinski definition) is 0. The number of hydrogen-bond acceptors (Lipinski definition) is 4. The summed E-state index contributed by atoms with van der Waals surface area (Å²) in [6.07, 6.45) is 1.32. The van der Waals surface area contributed by atoms with E-state index in [0.717, 1.165) is 33.0 Å². The maximum Gasteiger partial charge on any atom is 0.261 e. The van der Waals surface area contributed by atoms with E-state index in [2.05, 4.69) is 36.4 Å². The van der Waals surface area contributed by atoms with Gasteiger partial charge in [-0.05, 0) is 84.0 Å². The summed E-state index contributed by atoms with van der Waals surface area (Å²) in [6.45, 7) is 4.35. The maximum absolute atomic E-state index is 12.6. The van der Waals surface area contributed by atoms with Gasteiger partial charge in [0.05, 0.1) is 22.3 Å². The van der Waals surface area contributed by atoms with Gasteiger partial charge < -0.3 is 0 Å². The van der Waals surface area contributed by atoms with Crippen LogP contribution in [0.15, 0.2) is 72.8 Å². The van der Waals surface area contributed by atoms with E-state index in [0.29, 0.717) is 48.2 Å². The monoisotopic (exact) mass is 502 g/mol. The molecule has 0 fully saturated rings. The molecule has 4 aromatic carbocycles. The Hall–Kier alpha value is -4.58. The van der Waals surface area contributed by atoms with E-state index in [1.54, 1.807) is 26.0 Å². The minimum atomic E-state index is -0.220. The number of benzene rings is 4. The van der Waals surface area contributed by atoms with Crippen LogP contribution in [0.1, 0.15) is 77.5 Å². The zero-order valence-electron chi connectivity index (χ0n) is 21.3. The summed E-state index contributed by atoms with van der Waals surface area (Å²) < 4.78 is 0. The van der Waals surface area contributed by atoms with Gasteiger partial charge in [0.2, 0.25) is 0 Å². The SMILES string of the molecule is CCN1C(=O)c2ccc(Cc3ccc4cc(Cc5ccc6c(c5)C(=O)N(CC)C6=O)ccc4c3)cc2C1=O. The van der Waals surface area contributed by atoms with Crippen molar-refractivity contribution in [2.45, 2.75) is 26.7 Å². The fourth-order valence-electron chi connectivity index (χ4n) is 5.51. The summed E-state index contributed by atoms with van der Waals surface area (Å²) in [6, 6.07) is 23.7. The zero-order chi connectivity index (χ0) is 26.6. The number of amides is 4. The summed E-state index contributed by atoms with van der Waals surface area (Å²) in [5, 5.41) is 2.23. The standard InChI is InChI=1S/C32H26N2O4/c1-3-33-29(35)25-11-7-21(17-27(25)31(33)37)13-19-5-9-24-16-20(6-10-23(24)15-19)14-22-8-12-26-28(18-22)32(38)34(4-2)30(26)36/h5-12,15-18H,3-4,13-14H2,1-2H3. The first-order valence-electron chi connectivity index (χ1n) is 12.9. The van der Waals surface area contributed by atoms with E-state index in [9.17, 15) is 19.2 Å². The number of carbonyl (C=O) groups excluding carboxylic acids is 4. The molecule has 188 valence electrons. The second-order valence-corrected chi connectivity index (χ2v) is 9.84. The number of rotatable bonds is 6. The van der Waals surface area contributed by atoms with Crippen molar-refractivity contribution in [2.75, 3.05) is 13.1 Å². The molecule has 0 radical (unpaired) electrons. The second-order valence-electron chi connectivity index (χ2n) is 9.84. The first kappa shape index (κ1) is 23.8. The van der Waals surface area contributed by atoms with Crippen molar-refractivity contribution < 1.29 is 19.2 Å². The van der Waals surface area contributed by atoms with Crippen LogP contribution in [0.4, 0.5) is 0 Å². The molecule has 0 unspecified atom stereocenters. The summed E-state index contributed by atoms with van der Waals surface area (Å²) in [7, 11) is 0. The van der Waals surface area contributed by atoms with Crippen LogP contribution in [0, 0.1) is 0 Å². The van der Waals surface area contributed by atoms with Crippen LogP contribution in [0.2, 0.25) is 0 Å². The van der Waals surface area contributed by atoms with Crippen molar-refractivity contribution in [3.63, 3.8) is 0 Å². The molecule has 0 atom stereocenters. The minimum absolute atomic E-state index is 0.219. The third kappa shape index (κ3) is 3.80. The Kier molecular flexibility index (Phi) is 5.68. The number of imide groups is 2. The number of nitrogens with zero attached hydrogens (tertiary/aromatic N) is 2. The lowest BCUT2D eigenvalue weighted by molar-refractivity contribution is 0.0647. The molecule has 0 saturated heterocycles. The molecule has 2 aliphatic rings. The van der Waals surface area contributed by atoms with Gasteiger partial charge in [-0.15, -0.1) is 0 Å². The molecule has 0 saturated carbocycles. The summed E-state index contributed by atoms with van der Waals surface area (Å²) in [4.78, 5) is 52.4. The van der Waals surface area contributed by atoms with Crippen LogP contribution in [-0.4, -0.2) is 46.5 Å².